The second kappa shape index (κ2) is 5.92. The Balaban J connectivity index is 1.95. The first-order chi connectivity index (χ1) is 8.28. The van der Waals surface area contributed by atoms with Crippen LogP contribution in [0, 0.1) is 0 Å². The van der Waals surface area contributed by atoms with Crippen LogP contribution in [0.2, 0.25) is 0 Å². The van der Waals surface area contributed by atoms with Crippen LogP contribution in [-0.2, 0) is 0 Å². The molecule has 1 aromatic carbocycles. The van der Waals surface area contributed by atoms with E-state index in [0.717, 1.165) is 37.2 Å². The van der Waals surface area contributed by atoms with Gasteiger partial charge in [0.1, 0.15) is 17.6 Å². The lowest BCUT2D eigenvalue weighted by atomic mass is 9.95. The van der Waals surface area contributed by atoms with Gasteiger partial charge in [-0.15, -0.1) is 0 Å². The second-order valence-electron chi connectivity index (χ2n) is 4.47. The maximum Gasteiger partial charge on any atom is 0.123 e. The smallest absolute Gasteiger partial charge is 0.123 e. The van der Waals surface area contributed by atoms with Gasteiger partial charge >= 0.3 is 0 Å². The molecule has 0 heterocycles. The summed E-state index contributed by atoms with van der Waals surface area (Å²) in [6.45, 7) is 2.62. The van der Waals surface area contributed by atoms with E-state index in [1.54, 1.807) is 0 Å². The monoisotopic (exact) mass is 236 g/mol. The molecule has 3 heteroatoms. The van der Waals surface area contributed by atoms with Crippen LogP contribution in [0.25, 0.3) is 0 Å². The molecule has 0 bridgehead atoms. The van der Waals surface area contributed by atoms with Gasteiger partial charge in [-0.25, -0.2) is 0 Å². The highest BCUT2D eigenvalue weighted by Gasteiger charge is 2.21. The third-order valence-electron chi connectivity index (χ3n) is 3.02. The average Bonchev–Trinajstić information content (AvgIpc) is 2.30. The largest absolute Gasteiger partial charge is 0.494 e. The van der Waals surface area contributed by atoms with Crippen LogP contribution in [0.15, 0.2) is 24.3 Å². The molecule has 0 radical (unpaired) electrons. The molecule has 2 atom stereocenters. The average molecular weight is 236 g/mol. The molecule has 1 fully saturated rings. The van der Waals surface area contributed by atoms with Crippen molar-refractivity contribution < 1.29 is 14.6 Å². The van der Waals surface area contributed by atoms with E-state index >= 15 is 0 Å². The van der Waals surface area contributed by atoms with E-state index in [1.165, 1.54) is 0 Å². The Hall–Kier alpha value is -1.22. The second-order valence-corrected chi connectivity index (χ2v) is 4.47. The van der Waals surface area contributed by atoms with Crippen LogP contribution in [0.5, 0.6) is 11.5 Å². The first kappa shape index (κ1) is 12.2. The van der Waals surface area contributed by atoms with Crippen LogP contribution in [0.1, 0.15) is 32.6 Å². The maximum absolute atomic E-state index is 9.59. The molecule has 0 aromatic heterocycles. The molecule has 1 aromatic rings. The van der Waals surface area contributed by atoms with E-state index in [9.17, 15) is 5.11 Å². The van der Waals surface area contributed by atoms with E-state index in [0.29, 0.717) is 6.61 Å². The van der Waals surface area contributed by atoms with Crippen molar-refractivity contribution in [1.29, 1.82) is 0 Å². The topological polar surface area (TPSA) is 38.7 Å². The summed E-state index contributed by atoms with van der Waals surface area (Å²) in [6.07, 6.45) is 3.63. The summed E-state index contributed by atoms with van der Waals surface area (Å²) in [4.78, 5) is 0. The van der Waals surface area contributed by atoms with Gasteiger partial charge in [-0.2, -0.15) is 0 Å². The van der Waals surface area contributed by atoms with Gasteiger partial charge in [0.2, 0.25) is 0 Å². The van der Waals surface area contributed by atoms with Crippen molar-refractivity contribution in [2.45, 2.75) is 44.8 Å². The summed E-state index contributed by atoms with van der Waals surface area (Å²) >= 11 is 0. The summed E-state index contributed by atoms with van der Waals surface area (Å²) in [6, 6.07) is 7.69. The fraction of sp³-hybridized carbons (Fsp3) is 0.571. The molecule has 1 N–H and O–H groups in total. The van der Waals surface area contributed by atoms with Crippen molar-refractivity contribution in [1.82, 2.24) is 0 Å². The predicted octanol–water partition coefficient (Wildman–Crippen LogP) is 2.77. The Morgan fingerprint density at radius 3 is 2.88 bits per heavy atom. The molecule has 2 rings (SSSR count). The Bertz CT molecular complexity index is 351. The highest BCUT2D eigenvalue weighted by Crippen LogP contribution is 2.26. The molecule has 1 saturated carbocycles. The van der Waals surface area contributed by atoms with Gasteiger partial charge in [0.05, 0.1) is 12.7 Å². The standard InChI is InChI=1S/C14H20O3/c1-2-16-12-6-4-8-14(10-12)17-13-7-3-5-11(15)9-13/h4,6,8,10-11,13,15H,2-3,5,7,9H2,1H3. The fourth-order valence-electron chi connectivity index (χ4n) is 2.22. The SMILES string of the molecule is CCOc1cccc(OC2CCCC(O)C2)c1. The van der Waals surface area contributed by atoms with Crippen molar-refractivity contribution in [3.05, 3.63) is 24.3 Å². The molecule has 94 valence electrons. The van der Waals surface area contributed by atoms with Gasteiger partial charge in [-0.1, -0.05) is 6.07 Å². The fourth-order valence-corrected chi connectivity index (χ4v) is 2.22. The quantitative estimate of drug-likeness (QED) is 0.873. The summed E-state index contributed by atoms with van der Waals surface area (Å²) in [5, 5.41) is 9.59. The number of ether oxygens (including phenoxy) is 2. The van der Waals surface area contributed by atoms with E-state index < -0.39 is 0 Å². The number of aliphatic hydroxyl groups excluding tert-OH is 1. The van der Waals surface area contributed by atoms with E-state index in [-0.39, 0.29) is 12.2 Å². The third-order valence-corrected chi connectivity index (χ3v) is 3.02. The lowest BCUT2D eigenvalue weighted by Gasteiger charge is -2.26. The molecule has 0 amide bonds. The van der Waals surface area contributed by atoms with Crippen LogP contribution >= 0.6 is 0 Å². The van der Waals surface area contributed by atoms with Crippen molar-refractivity contribution >= 4 is 0 Å². The van der Waals surface area contributed by atoms with Crippen LogP contribution < -0.4 is 9.47 Å². The van der Waals surface area contributed by atoms with E-state index in [2.05, 4.69) is 0 Å². The lowest BCUT2D eigenvalue weighted by molar-refractivity contribution is 0.0535. The Kier molecular flexibility index (Phi) is 4.26. The van der Waals surface area contributed by atoms with E-state index in [4.69, 9.17) is 9.47 Å². The molecule has 0 spiro atoms. The van der Waals surface area contributed by atoms with Crippen molar-refractivity contribution in [2.24, 2.45) is 0 Å². The number of rotatable bonds is 4. The molecule has 0 aliphatic heterocycles. The third kappa shape index (κ3) is 3.63. The van der Waals surface area contributed by atoms with Gasteiger partial charge in [0.25, 0.3) is 0 Å². The van der Waals surface area contributed by atoms with Gasteiger partial charge in [0.15, 0.2) is 0 Å². The predicted molar refractivity (Wildman–Crippen MR) is 66.5 cm³/mol. The lowest BCUT2D eigenvalue weighted by Crippen LogP contribution is -2.28. The van der Waals surface area contributed by atoms with Crippen molar-refractivity contribution in [3.63, 3.8) is 0 Å². The number of hydrogen-bond acceptors (Lipinski definition) is 3. The highest BCUT2D eigenvalue weighted by atomic mass is 16.5. The molecule has 1 aliphatic rings. The Morgan fingerprint density at radius 2 is 2.12 bits per heavy atom. The minimum absolute atomic E-state index is 0.135. The molecular weight excluding hydrogens is 216 g/mol. The minimum Gasteiger partial charge on any atom is -0.494 e. The van der Waals surface area contributed by atoms with Crippen LogP contribution in [-0.4, -0.2) is 23.9 Å². The minimum atomic E-state index is -0.205. The van der Waals surface area contributed by atoms with Crippen molar-refractivity contribution in [2.75, 3.05) is 6.61 Å². The first-order valence-corrected chi connectivity index (χ1v) is 6.35. The van der Waals surface area contributed by atoms with Crippen molar-refractivity contribution in [3.8, 4) is 11.5 Å². The van der Waals surface area contributed by atoms with Crippen LogP contribution in [0.3, 0.4) is 0 Å². The summed E-state index contributed by atoms with van der Waals surface area (Å²) < 4.78 is 11.3. The first-order valence-electron chi connectivity index (χ1n) is 6.35. The zero-order valence-corrected chi connectivity index (χ0v) is 10.3. The molecule has 2 unspecified atom stereocenters. The van der Waals surface area contributed by atoms with Gasteiger partial charge in [-0.3, -0.25) is 0 Å². The summed E-state index contributed by atoms with van der Waals surface area (Å²) in [7, 11) is 0. The number of aliphatic hydroxyl groups is 1. The zero-order chi connectivity index (χ0) is 12.1. The Labute approximate surface area is 102 Å². The summed E-state index contributed by atoms with van der Waals surface area (Å²) in [5.41, 5.74) is 0. The van der Waals surface area contributed by atoms with Gasteiger partial charge in [0, 0.05) is 12.5 Å². The van der Waals surface area contributed by atoms with Gasteiger partial charge < -0.3 is 14.6 Å². The Morgan fingerprint density at radius 1 is 1.29 bits per heavy atom. The normalized spacial score (nSPS) is 24.4. The van der Waals surface area contributed by atoms with Crippen LogP contribution in [0.4, 0.5) is 0 Å². The van der Waals surface area contributed by atoms with Gasteiger partial charge in [-0.05, 0) is 38.3 Å². The molecule has 3 nitrogen and oxygen atoms in total. The zero-order valence-electron chi connectivity index (χ0n) is 10.3. The maximum atomic E-state index is 9.59. The number of benzene rings is 1. The summed E-state index contributed by atoms with van der Waals surface area (Å²) in [5.74, 6) is 1.66. The molecule has 17 heavy (non-hydrogen) atoms. The highest BCUT2D eigenvalue weighted by molar-refractivity contribution is 5.33. The number of hydrogen-bond donors (Lipinski definition) is 1. The molecule has 1 aliphatic carbocycles. The molecular formula is C14H20O3. The van der Waals surface area contributed by atoms with E-state index in [1.807, 2.05) is 31.2 Å². The molecule has 0 saturated heterocycles.